The summed E-state index contributed by atoms with van der Waals surface area (Å²) in [4.78, 5) is 0. The molecule has 0 aliphatic rings. The van der Waals surface area contributed by atoms with E-state index in [1.54, 1.807) is 0 Å². The number of aromatic nitrogens is 1. The molecule has 1 atom stereocenters. The topological polar surface area (TPSA) is 17.0 Å². The Morgan fingerprint density at radius 2 is 1.83 bits per heavy atom. The Morgan fingerprint density at radius 1 is 1.17 bits per heavy atom. The first-order chi connectivity index (χ1) is 8.50. The van der Waals surface area contributed by atoms with Gasteiger partial charge in [0.2, 0.25) is 0 Å². The second kappa shape index (κ2) is 5.15. The Hall–Kier alpha value is -1.28. The second-order valence-electron chi connectivity index (χ2n) is 5.57. The third kappa shape index (κ3) is 2.44. The Balaban J connectivity index is 2.36. The van der Waals surface area contributed by atoms with Crippen molar-refractivity contribution in [2.75, 3.05) is 0 Å². The number of nitrogens with zero attached hydrogens (tertiary/aromatic N) is 1. The molecule has 2 aromatic rings. The first-order valence-electron chi connectivity index (χ1n) is 6.79. The van der Waals surface area contributed by atoms with Crippen LogP contribution < -0.4 is 5.32 Å². The van der Waals surface area contributed by atoms with Crippen molar-refractivity contribution in [2.24, 2.45) is 7.05 Å². The van der Waals surface area contributed by atoms with Gasteiger partial charge in [-0.25, -0.2) is 0 Å². The molecule has 0 bridgehead atoms. The van der Waals surface area contributed by atoms with Gasteiger partial charge in [-0.1, -0.05) is 32.0 Å². The molecule has 1 heterocycles. The van der Waals surface area contributed by atoms with E-state index in [1.165, 1.54) is 22.2 Å². The third-order valence-corrected chi connectivity index (χ3v) is 3.66. The van der Waals surface area contributed by atoms with Gasteiger partial charge in [0.15, 0.2) is 0 Å². The minimum absolute atomic E-state index is 0.509. The molecule has 0 spiro atoms. The van der Waals surface area contributed by atoms with Gasteiger partial charge in [-0.05, 0) is 31.9 Å². The van der Waals surface area contributed by atoms with Crippen LogP contribution in [0.1, 0.15) is 32.0 Å². The van der Waals surface area contributed by atoms with Crippen LogP contribution in [0.25, 0.3) is 10.9 Å². The molecule has 2 nitrogen and oxygen atoms in total. The largest absolute Gasteiger partial charge is 0.348 e. The normalized spacial score (nSPS) is 13.4. The number of aryl methyl sites for hydroxylation is 1. The van der Waals surface area contributed by atoms with Crippen LogP contribution in [0.15, 0.2) is 24.3 Å². The van der Waals surface area contributed by atoms with Gasteiger partial charge in [-0.3, -0.25) is 0 Å². The van der Waals surface area contributed by atoms with Crippen LogP contribution in [0.3, 0.4) is 0 Å². The Kier molecular flexibility index (Phi) is 3.76. The van der Waals surface area contributed by atoms with Crippen molar-refractivity contribution in [1.29, 1.82) is 0 Å². The smallest absolute Gasteiger partial charge is 0.0482 e. The van der Waals surface area contributed by atoms with Gasteiger partial charge < -0.3 is 9.88 Å². The lowest BCUT2D eigenvalue weighted by atomic mass is 10.0. The van der Waals surface area contributed by atoms with Gasteiger partial charge in [-0.2, -0.15) is 0 Å². The average Bonchev–Trinajstić information content (AvgIpc) is 2.54. The summed E-state index contributed by atoms with van der Waals surface area (Å²) >= 11 is 0. The molecule has 0 amide bonds. The fourth-order valence-electron chi connectivity index (χ4n) is 2.79. The first kappa shape index (κ1) is 13.2. The van der Waals surface area contributed by atoms with E-state index in [0.29, 0.717) is 12.1 Å². The average molecular weight is 244 g/mol. The van der Waals surface area contributed by atoms with E-state index >= 15 is 0 Å². The van der Waals surface area contributed by atoms with Crippen molar-refractivity contribution < 1.29 is 0 Å². The Morgan fingerprint density at radius 3 is 2.50 bits per heavy atom. The van der Waals surface area contributed by atoms with E-state index in [0.717, 1.165) is 6.42 Å². The summed E-state index contributed by atoms with van der Waals surface area (Å²) in [7, 11) is 2.15. The van der Waals surface area contributed by atoms with Gasteiger partial charge in [0.25, 0.3) is 0 Å². The summed E-state index contributed by atoms with van der Waals surface area (Å²) in [5, 5.41) is 4.98. The van der Waals surface area contributed by atoms with Crippen molar-refractivity contribution >= 4 is 10.9 Å². The zero-order chi connectivity index (χ0) is 13.3. The van der Waals surface area contributed by atoms with E-state index in [4.69, 9.17) is 0 Å². The van der Waals surface area contributed by atoms with Crippen LogP contribution in [-0.2, 0) is 13.5 Å². The minimum Gasteiger partial charge on any atom is -0.348 e. The molecular formula is C16H24N2. The van der Waals surface area contributed by atoms with E-state index < -0.39 is 0 Å². The molecule has 0 aliphatic heterocycles. The molecule has 1 unspecified atom stereocenters. The number of hydrogen-bond donors (Lipinski definition) is 1. The standard InChI is InChI=1S/C16H24N2/c1-11(2)17-12(3)10-15-13(4)18(5)16-9-7-6-8-14(15)16/h6-9,11-12,17H,10H2,1-5H3. The molecule has 0 aliphatic carbocycles. The number of fused-ring (bicyclic) bond motifs is 1. The number of benzene rings is 1. The molecule has 1 aromatic heterocycles. The van der Waals surface area contributed by atoms with Crippen LogP contribution in [0.4, 0.5) is 0 Å². The number of nitrogens with one attached hydrogen (secondary N) is 1. The third-order valence-electron chi connectivity index (χ3n) is 3.66. The second-order valence-corrected chi connectivity index (χ2v) is 5.57. The van der Waals surface area contributed by atoms with Gasteiger partial charge in [0.1, 0.15) is 0 Å². The van der Waals surface area contributed by atoms with Gasteiger partial charge in [0.05, 0.1) is 0 Å². The van der Waals surface area contributed by atoms with Crippen LogP contribution in [0.5, 0.6) is 0 Å². The van der Waals surface area contributed by atoms with Gasteiger partial charge in [0, 0.05) is 35.7 Å². The predicted molar refractivity (Wildman–Crippen MR) is 79.1 cm³/mol. The van der Waals surface area contributed by atoms with E-state index in [2.05, 4.69) is 68.9 Å². The molecule has 2 rings (SSSR count). The van der Waals surface area contributed by atoms with Crippen molar-refractivity contribution in [2.45, 2.75) is 46.2 Å². The highest BCUT2D eigenvalue weighted by molar-refractivity contribution is 5.85. The van der Waals surface area contributed by atoms with Crippen LogP contribution in [0.2, 0.25) is 0 Å². The lowest BCUT2D eigenvalue weighted by Crippen LogP contribution is -2.34. The van der Waals surface area contributed by atoms with Crippen LogP contribution in [0, 0.1) is 6.92 Å². The molecule has 0 fully saturated rings. The number of rotatable bonds is 4. The Bertz CT molecular complexity index is 537. The van der Waals surface area contributed by atoms with Crippen molar-refractivity contribution in [3.8, 4) is 0 Å². The lowest BCUT2D eigenvalue weighted by Gasteiger charge is -2.17. The maximum Gasteiger partial charge on any atom is 0.0482 e. The summed E-state index contributed by atoms with van der Waals surface area (Å²) in [5.41, 5.74) is 4.20. The predicted octanol–water partition coefficient (Wildman–Crippen LogP) is 3.42. The van der Waals surface area contributed by atoms with Crippen LogP contribution in [-0.4, -0.2) is 16.7 Å². The molecule has 98 valence electrons. The number of hydrogen-bond acceptors (Lipinski definition) is 1. The van der Waals surface area contributed by atoms with Crippen molar-refractivity contribution in [1.82, 2.24) is 9.88 Å². The summed E-state index contributed by atoms with van der Waals surface area (Å²) in [6.07, 6.45) is 1.09. The maximum atomic E-state index is 3.58. The highest BCUT2D eigenvalue weighted by atomic mass is 15.0. The molecule has 1 N–H and O–H groups in total. The van der Waals surface area contributed by atoms with Crippen molar-refractivity contribution in [3.05, 3.63) is 35.5 Å². The monoisotopic (exact) mass is 244 g/mol. The lowest BCUT2D eigenvalue weighted by molar-refractivity contribution is 0.487. The summed E-state index contributed by atoms with van der Waals surface area (Å²) < 4.78 is 2.30. The zero-order valence-electron chi connectivity index (χ0n) is 12.1. The fraction of sp³-hybridized carbons (Fsp3) is 0.500. The van der Waals surface area contributed by atoms with Crippen molar-refractivity contribution in [3.63, 3.8) is 0 Å². The first-order valence-corrected chi connectivity index (χ1v) is 6.79. The minimum atomic E-state index is 0.509. The van der Waals surface area contributed by atoms with E-state index in [-0.39, 0.29) is 0 Å². The number of para-hydroxylation sites is 1. The summed E-state index contributed by atoms with van der Waals surface area (Å²) in [6.45, 7) is 8.89. The Labute approximate surface area is 110 Å². The quantitative estimate of drug-likeness (QED) is 0.872. The van der Waals surface area contributed by atoms with Crippen LogP contribution >= 0.6 is 0 Å². The molecule has 0 saturated heterocycles. The zero-order valence-corrected chi connectivity index (χ0v) is 12.1. The SMILES string of the molecule is Cc1c(CC(C)NC(C)C)c2ccccc2n1C. The highest BCUT2D eigenvalue weighted by Gasteiger charge is 2.14. The molecule has 0 radical (unpaired) electrons. The highest BCUT2D eigenvalue weighted by Crippen LogP contribution is 2.25. The van der Waals surface area contributed by atoms with E-state index in [1.807, 2.05) is 0 Å². The van der Waals surface area contributed by atoms with Gasteiger partial charge in [-0.15, -0.1) is 0 Å². The summed E-state index contributed by atoms with van der Waals surface area (Å²) in [5.74, 6) is 0. The molecule has 0 saturated carbocycles. The van der Waals surface area contributed by atoms with Gasteiger partial charge >= 0.3 is 0 Å². The molecular weight excluding hydrogens is 220 g/mol. The molecule has 18 heavy (non-hydrogen) atoms. The fourth-order valence-corrected chi connectivity index (χ4v) is 2.79. The molecule has 2 heteroatoms. The molecule has 1 aromatic carbocycles. The maximum absolute atomic E-state index is 3.58. The van der Waals surface area contributed by atoms with E-state index in [9.17, 15) is 0 Å². The summed E-state index contributed by atoms with van der Waals surface area (Å²) in [6, 6.07) is 9.73.